The van der Waals surface area contributed by atoms with E-state index in [-0.39, 0.29) is 25.0 Å². The van der Waals surface area contributed by atoms with Gasteiger partial charge in [-0.05, 0) is 37.3 Å². The summed E-state index contributed by atoms with van der Waals surface area (Å²) in [5, 5.41) is 0. The van der Waals surface area contributed by atoms with Gasteiger partial charge in [0, 0.05) is 18.1 Å². The molecule has 2 aromatic carbocycles. The third kappa shape index (κ3) is 4.45. The predicted octanol–water partition coefficient (Wildman–Crippen LogP) is 3.17. The highest BCUT2D eigenvalue weighted by atomic mass is 16.6. The van der Waals surface area contributed by atoms with Gasteiger partial charge < -0.3 is 9.47 Å². The van der Waals surface area contributed by atoms with Gasteiger partial charge >= 0.3 is 5.97 Å². The molecule has 0 heterocycles. The lowest BCUT2D eigenvalue weighted by Gasteiger charge is -2.07. The van der Waals surface area contributed by atoms with Gasteiger partial charge in [0.2, 0.25) is 0 Å². The molecule has 22 heavy (non-hydrogen) atoms. The van der Waals surface area contributed by atoms with Crippen molar-refractivity contribution in [3.8, 4) is 5.75 Å². The minimum atomic E-state index is -0.331. The first kappa shape index (κ1) is 15.8. The van der Waals surface area contributed by atoms with E-state index in [9.17, 15) is 9.59 Å². The summed E-state index contributed by atoms with van der Waals surface area (Å²) in [5.41, 5.74) is 2.33. The molecule has 2 aromatic rings. The summed E-state index contributed by atoms with van der Waals surface area (Å²) < 4.78 is 10.2. The van der Waals surface area contributed by atoms with Gasteiger partial charge in [-0.2, -0.15) is 0 Å². The third-order valence-electron chi connectivity index (χ3n) is 3.05. The molecule has 0 spiro atoms. The van der Waals surface area contributed by atoms with Gasteiger partial charge in [-0.1, -0.05) is 23.8 Å². The van der Waals surface area contributed by atoms with E-state index in [4.69, 9.17) is 9.47 Å². The molecule has 0 atom stereocenters. The summed E-state index contributed by atoms with van der Waals surface area (Å²) in [4.78, 5) is 23.0. The van der Waals surface area contributed by atoms with Crippen LogP contribution in [0.25, 0.3) is 0 Å². The summed E-state index contributed by atoms with van der Waals surface area (Å²) in [6.07, 6.45) is 0. The van der Waals surface area contributed by atoms with Gasteiger partial charge in [-0.15, -0.1) is 0 Å². The molecule has 0 N–H and O–H groups in total. The Kier molecular flexibility index (Phi) is 5.31. The molecule has 0 aliphatic rings. The number of hydrogen-bond donors (Lipinski definition) is 0. The zero-order valence-corrected chi connectivity index (χ0v) is 12.7. The maximum absolute atomic E-state index is 12.3. The Morgan fingerprint density at radius 2 is 1.68 bits per heavy atom. The number of rotatable bonds is 6. The first-order chi connectivity index (χ1) is 10.6. The number of ether oxygens (including phenoxy) is 2. The molecule has 0 aromatic heterocycles. The van der Waals surface area contributed by atoms with Gasteiger partial charge in [0.05, 0.1) is 0 Å². The fourth-order valence-corrected chi connectivity index (χ4v) is 2.00. The fourth-order valence-electron chi connectivity index (χ4n) is 2.00. The van der Waals surface area contributed by atoms with E-state index in [1.54, 1.807) is 30.3 Å². The van der Waals surface area contributed by atoms with E-state index in [2.05, 4.69) is 0 Å². The summed E-state index contributed by atoms with van der Waals surface area (Å²) in [5.74, 6) is 0.283. The van der Waals surface area contributed by atoms with Crippen molar-refractivity contribution < 1.29 is 19.1 Å². The molecule has 0 unspecified atom stereocenters. The maximum atomic E-state index is 12.3. The number of carbonyl (C=O) groups excluding carboxylic acids is 2. The molecule has 0 bridgehead atoms. The van der Waals surface area contributed by atoms with Gasteiger partial charge in [-0.25, -0.2) is 0 Å². The van der Waals surface area contributed by atoms with E-state index >= 15 is 0 Å². The second-order valence-corrected chi connectivity index (χ2v) is 4.91. The van der Waals surface area contributed by atoms with E-state index < -0.39 is 0 Å². The van der Waals surface area contributed by atoms with Gasteiger partial charge in [0.1, 0.15) is 19.0 Å². The molecule has 0 fully saturated rings. The quantitative estimate of drug-likeness (QED) is 0.467. The molecule has 2 rings (SSSR count). The van der Waals surface area contributed by atoms with Crippen LogP contribution in [0.1, 0.15) is 28.4 Å². The monoisotopic (exact) mass is 298 g/mol. The van der Waals surface area contributed by atoms with Gasteiger partial charge in [0.25, 0.3) is 0 Å². The van der Waals surface area contributed by atoms with E-state index in [1.807, 2.05) is 25.1 Å². The molecule has 4 heteroatoms. The second-order valence-electron chi connectivity index (χ2n) is 4.91. The highest BCUT2D eigenvalue weighted by Gasteiger charge is 2.09. The van der Waals surface area contributed by atoms with Gasteiger partial charge in [0.15, 0.2) is 5.78 Å². The molecular formula is C18H18O4. The Labute approximate surface area is 129 Å². The summed E-state index contributed by atoms with van der Waals surface area (Å²) >= 11 is 0. The molecule has 0 aliphatic carbocycles. The van der Waals surface area contributed by atoms with Crippen LogP contribution < -0.4 is 4.74 Å². The average Bonchev–Trinajstić information content (AvgIpc) is 2.51. The standard InChI is InChI=1S/C18H18O4/c1-13-4-3-5-16(12-13)18(20)15-6-8-17(9-7-15)22-11-10-21-14(2)19/h3-9,12H,10-11H2,1-2H3. The van der Waals surface area contributed by atoms with Crippen molar-refractivity contribution in [3.05, 3.63) is 65.2 Å². The number of benzene rings is 2. The Balaban J connectivity index is 1.96. The second kappa shape index (κ2) is 7.41. The van der Waals surface area contributed by atoms with Crippen LogP contribution >= 0.6 is 0 Å². The molecule has 0 aliphatic heterocycles. The van der Waals surface area contributed by atoms with Crippen molar-refractivity contribution in [1.29, 1.82) is 0 Å². The average molecular weight is 298 g/mol. The minimum Gasteiger partial charge on any atom is -0.490 e. The molecular weight excluding hydrogens is 280 g/mol. The summed E-state index contributed by atoms with van der Waals surface area (Å²) in [6.45, 7) is 3.80. The van der Waals surface area contributed by atoms with Crippen LogP contribution in [-0.4, -0.2) is 25.0 Å². The lowest BCUT2D eigenvalue weighted by Crippen LogP contribution is -2.09. The molecule has 4 nitrogen and oxygen atoms in total. The SMILES string of the molecule is CC(=O)OCCOc1ccc(C(=O)c2cccc(C)c2)cc1. The maximum Gasteiger partial charge on any atom is 0.302 e. The number of aryl methyl sites for hydroxylation is 1. The van der Waals surface area contributed by atoms with E-state index in [0.29, 0.717) is 16.9 Å². The Bertz CT molecular complexity index is 659. The van der Waals surface area contributed by atoms with Gasteiger partial charge in [-0.3, -0.25) is 9.59 Å². The summed E-state index contributed by atoms with van der Waals surface area (Å²) in [7, 11) is 0. The van der Waals surface area contributed by atoms with Crippen LogP contribution in [0, 0.1) is 6.92 Å². The number of esters is 1. The number of hydrogen-bond acceptors (Lipinski definition) is 4. The van der Waals surface area contributed by atoms with Crippen LogP contribution in [0.15, 0.2) is 48.5 Å². The molecule has 0 saturated carbocycles. The van der Waals surface area contributed by atoms with Crippen molar-refractivity contribution in [2.45, 2.75) is 13.8 Å². The van der Waals surface area contributed by atoms with Crippen LogP contribution in [0.4, 0.5) is 0 Å². The smallest absolute Gasteiger partial charge is 0.302 e. The van der Waals surface area contributed by atoms with Crippen molar-refractivity contribution in [2.24, 2.45) is 0 Å². The van der Waals surface area contributed by atoms with Crippen molar-refractivity contribution in [1.82, 2.24) is 0 Å². The van der Waals surface area contributed by atoms with Crippen LogP contribution in [-0.2, 0) is 9.53 Å². The number of carbonyl (C=O) groups is 2. The Hall–Kier alpha value is -2.62. The van der Waals surface area contributed by atoms with E-state index in [1.165, 1.54) is 6.92 Å². The molecule has 0 saturated heterocycles. The highest BCUT2D eigenvalue weighted by molar-refractivity contribution is 6.09. The third-order valence-corrected chi connectivity index (χ3v) is 3.05. The molecule has 0 radical (unpaired) electrons. The normalized spacial score (nSPS) is 10.1. The fraction of sp³-hybridized carbons (Fsp3) is 0.222. The van der Waals surface area contributed by atoms with Crippen molar-refractivity contribution in [2.75, 3.05) is 13.2 Å². The largest absolute Gasteiger partial charge is 0.490 e. The Morgan fingerprint density at radius 3 is 2.32 bits per heavy atom. The number of ketones is 1. The predicted molar refractivity (Wildman–Crippen MR) is 83.2 cm³/mol. The Morgan fingerprint density at radius 1 is 0.955 bits per heavy atom. The molecule has 114 valence electrons. The lowest BCUT2D eigenvalue weighted by molar-refractivity contribution is -0.141. The van der Waals surface area contributed by atoms with Crippen molar-refractivity contribution >= 4 is 11.8 Å². The summed E-state index contributed by atoms with van der Waals surface area (Å²) in [6, 6.07) is 14.4. The molecule has 0 amide bonds. The van der Waals surface area contributed by atoms with Crippen LogP contribution in [0.2, 0.25) is 0 Å². The lowest BCUT2D eigenvalue weighted by atomic mass is 10.0. The zero-order valence-electron chi connectivity index (χ0n) is 12.7. The highest BCUT2D eigenvalue weighted by Crippen LogP contribution is 2.16. The van der Waals surface area contributed by atoms with Crippen molar-refractivity contribution in [3.63, 3.8) is 0 Å². The topological polar surface area (TPSA) is 52.6 Å². The minimum absolute atomic E-state index is 0.0184. The van der Waals surface area contributed by atoms with Crippen LogP contribution in [0.3, 0.4) is 0 Å². The first-order valence-corrected chi connectivity index (χ1v) is 7.04. The zero-order chi connectivity index (χ0) is 15.9. The first-order valence-electron chi connectivity index (χ1n) is 7.04. The van der Waals surface area contributed by atoms with E-state index in [0.717, 1.165) is 5.56 Å². The van der Waals surface area contributed by atoms with Crippen LogP contribution in [0.5, 0.6) is 5.75 Å².